The predicted molar refractivity (Wildman–Crippen MR) is 81.1 cm³/mol. The van der Waals surface area contributed by atoms with Crippen molar-refractivity contribution in [1.29, 1.82) is 0 Å². The zero-order valence-electron chi connectivity index (χ0n) is 11.7. The van der Waals surface area contributed by atoms with Gasteiger partial charge in [0, 0.05) is 22.4 Å². The summed E-state index contributed by atoms with van der Waals surface area (Å²) in [4.78, 5) is 16.1. The molecule has 0 fully saturated rings. The maximum Gasteiger partial charge on any atom is 0.340 e. The van der Waals surface area contributed by atoms with Gasteiger partial charge in [-0.1, -0.05) is 0 Å². The summed E-state index contributed by atoms with van der Waals surface area (Å²) in [6.07, 6.45) is 0. The van der Waals surface area contributed by atoms with Crippen LogP contribution in [0.3, 0.4) is 0 Å². The van der Waals surface area contributed by atoms with E-state index in [0.717, 1.165) is 22.0 Å². The molecule has 0 bridgehead atoms. The normalized spacial score (nSPS) is 10.3. The molecule has 0 spiro atoms. The number of nitrogens with two attached hydrogens (primary N) is 1. The third-order valence-electron chi connectivity index (χ3n) is 2.90. The third-order valence-corrected chi connectivity index (χ3v) is 3.87. The number of methoxy groups -OCH3 is 1. The SMILES string of the molecule is COC(=O)c1cc(NCc2nc(C)cs2)cc(C)c1N. The molecule has 0 unspecified atom stereocenters. The lowest BCUT2D eigenvalue weighted by molar-refractivity contribution is 0.0602. The van der Waals surface area contributed by atoms with E-state index in [1.807, 2.05) is 25.3 Å². The Labute approximate surface area is 121 Å². The van der Waals surface area contributed by atoms with Crippen molar-refractivity contribution >= 4 is 28.7 Å². The standard InChI is InChI=1S/C14H17N3O2S/c1-8-4-10(5-11(13(8)15)14(18)19-3)16-6-12-17-9(2)7-20-12/h4-5,7,16H,6,15H2,1-3H3. The van der Waals surface area contributed by atoms with Gasteiger partial charge in [-0.3, -0.25) is 0 Å². The van der Waals surface area contributed by atoms with Crippen LogP contribution in [0, 0.1) is 13.8 Å². The van der Waals surface area contributed by atoms with E-state index in [0.29, 0.717) is 17.8 Å². The van der Waals surface area contributed by atoms with Crippen molar-refractivity contribution in [2.75, 3.05) is 18.2 Å². The molecule has 2 rings (SSSR count). The van der Waals surface area contributed by atoms with Crippen LogP contribution in [0.4, 0.5) is 11.4 Å². The Morgan fingerprint density at radius 2 is 2.20 bits per heavy atom. The number of hydrogen-bond donors (Lipinski definition) is 2. The second-order valence-electron chi connectivity index (χ2n) is 4.48. The highest BCUT2D eigenvalue weighted by Gasteiger charge is 2.13. The molecule has 1 heterocycles. The molecule has 0 atom stereocenters. The van der Waals surface area contributed by atoms with Crippen molar-refractivity contribution in [2.24, 2.45) is 0 Å². The van der Waals surface area contributed by atoms with Crippen LogP contribution in [0.1, 0.15) is 26.6 Å². The van der Waals surface area contributed by atoms with Crippen LogP contribution in [0.15, 0.2) is 17.5 Å². The van der Waals surface area contributed by atoms with Gasteiger partial charge in [-0.05, 0) is 31.5 Å². The molecule has 106 valence electrons. The van der Waals surface area contributed by atoms with E-state index in [1.54, 1.807) is 17.4 Å². The number of benzene rings is 1. The molecule has 2 aromatic rings. The van der Waals surface area contributed by atoms with E-state index in [4.69, 9.17) is 10.5 Å². The monoisotopic (exact) mass is 291 g/mol. The van der Waals surface area contributed by atoms with Gasteiger partial charge >= 0.3 is 5.97 Å². The van der Waals surface area contributed by atoms with E-state index >= 15 is 0 Å². The number of carbonyl (C=O) groups is 1. The number of esters is 1. The Morgan fingerprint density at radius 1 is 1.45 bits per heavy atom. The second-order valence-corrected chi connectivity index (χ2v) is 5.42. The summed E-state index contributed by atoms with van der Waals surface area (Å²) in [5.74, 6) is -0.431. The molecule has 0 aliphatic heterocycles. The van der Waals surface area contributed by atoms with E-state index in [1.165, 1.54) is 7.11 Å². The first-order valence-electron chi connectivity index (χ1n) is 6.14. The Kier molecular flexibility index (Phi) is 4.24. The van der Waals surface area contributed by atoms with Gasteiger partial charge in [-0.25, -0.2) is 9.78 Å². The highest BCUT2D eigenvalue weighted by molar-refractivity contribution is 7.09. The molecular formula is C14H17N3O2S. The lowest BCUT2D eigenvalue weighted by Crippen LogP contribution is -2.09. The Balaban J connectivity index is 2.19. The number of rotatable bonds is 4. The summed E-state index contributed by atoms with van der Waals surface area (Å²) < 4.78 is 4.74. The van der Waals surface area contributed by atoms with Gasteiger partial charge in [0.1, 0.15) is 5.01 Å². The number of nitrogens with zero attached hydrogens (tertiary/aromatic N) is 1. The van der Waals surface area contributed by atoms with Crippen molar-refractivity contribution < 1.29 is 9.53 Å². The molecular weight excluding hydrogens is 274 g/mol. The number of carbonyl (C=O) groups excluding carboxylic acids is 1. The van der Waals surface area contributed by atoms with Crippen LogP contribution in [0.2, 0.25) is 0 Å². The molecule has 0 saturated carbocycles. The smallest absolute Gasteiger partial charge is 0.340 e. The number of aromatic nitrogens is 1. The van der Waals surface area contributed by atoms with Gasteiger partial charge in [0.05, 0.1) is 19.2 Å². The number of nitrogens with one attached hydrogen (secondary N) is 1. The quantitative estimate of drug-likeness (QED) is 0.669. The third kappa shape index (κ3) is 3.08. The zero-order chi connectivity index (χ0) is 14.7. The van der Waals surface area contributed by atoms with Gasteiger partial charge < -0.3 is 15.8 Å². The first-order valence-corrected chi connectivity index (χ1v) is 7.02. The Morgan fingerprint density at radius 3 is 2.80 bits per heavy atom. The average molecular weight is 291 g/mol. The van der Waals surface area contributed by atoms with Crippen LogP contribution < -0.4 is 11.1 Å². The lowest BCUT2D eigenvalue weighted by Gasteiger charge is -2.11. The zero-order valence-corrected chi connectivity index (χ0v) is 12.5. The predicted octanol–water partition coefficient (Wildman–Crippen LogP) is 2.74. The first-order chi connectivity index (χ1) is 9.51. The van der Waals surface area contributed by atoms with Crippen LogP contribution in [0.5, 0.6) is 0 Å². The number of hydrogen-bond acceptors (Lipinski definition) is 6. The molecule has 5 nitrogen and oxygen atoms in total. The minimum atomic E-state index is -0.431. The number of thiazole rings is 1. The number of nitrogen functional groups attached to an aromatic ring is 1. The number of aryl methyl sites for hydroxylation is 2. The summed E-state index contributed by atoms with van der Waals surface area (Å²) in [6, 6.07) is 3.61. The second kappa shape index (κ2) is 5.92. The summed E-state index contributed by atoms with van der Waals surface area (Å²) >= 11 is 1.60. The topological polar surface area (TPSA) is 77.2 Å². The molecule has 20 heavy (non-hydrogen) atoms. The molecule has 1 aromatic heterocycles. The maximum absolute atomic E-state index is 11.7. The highest BCUT2D eigenvalue weighted by Crippen LogP contribution is 2.24. The van der Waals surface area contributed by atoms with Crippen LogP contribution in [0.25, 0.3) is 0 Å². The van der Waals surface area contributed by atoms with E-state index in [-0.39, 0.29) is 0 Å². The Hall–Kier alpha value is -2.08. The van der Waals surface area contributed by atoms with Gasteiger partial charge in [-0.2, -0.15) is 0 Å². The molecule has 0 aliphatic rings. The van der Waals surface area contributed by atoms with Gasteiger partial charge in [0.15, 0.2) is 0 Å². The fourth-order valence-corrected chi connectivity index (χ4v) is 2.55. The average Bonchev–Trinajstić information content (AvgIpc) is 2.85. The maximum atomic E-state index is 11.7. The van der Waals surface area contributed by atoms with Gasteiger partial charge in [0.25, 0.3) is 0 Å². The van der Waals surface area contributed by atoms with Crippen molar-refractivity contribution in [3.63, 3.8) is 0 Å². The van der Waals surface area contributed by atoms with Crippen molar-refractivity contribution in [1.82, 2.24) is 4.98 Å². The van der Waals surface area contributed by atoms with E-state index < -0.39 is 5.97 Å². The summed E-state index contributed by atoms with van der Waals surface area (Å²) in [5.41, 5.74) is 9.40. The molecule has 0 radical (unpaired) electrons. The van der Waals surface area contributed by atoms with E-state index in [2.05, 4.69) is 10.3 Å². The lowest BCUT2D eigenvalue weighted by atomic mass is 10.1. The van der Waals surface area contributed by atoms with Gasteiger partial charge in [-0.15, -0.1) is 11.3 Å². The molecule has 6 heteroatoms. The van der Waals surface area contributed by atoms with Crippen LogP contribution in [-0.4, -0.2) is 18.1 Å². The fraction of sp³-hybridized carbons (Fsp3) is 0.286. The van der Waals surface area contributed by atoms with Gasteiger partial charge in [0.2, 0.25) is 0 Å². The minimum absolute atomic E-state index is 0.380. The Bertz CT molecular complexity index is 637. The van der Waals surface area contributed by atoms with Crippen molar-refractivity contribution in [2.45, 2.75) is 20.4 Å². The largest absolute Gasteiger partial charge is 0.465 e. The fourth-order valence-electron chi connectivity index (χ4n) is 1.84. The molecule has 0 saturated heterocycles. The molecule has 0 aliphatic carbocycles. The van der Waals surface area contributed by atoms with Crippen LogP contribution >= 0.6 is 11.3 Å². The summed E-state index contributed by atoms with van der Waals surface area (Å²) in [7, 11) is 1.34. The van der Waals surface area contributed by atoms with Crippen LogP contribution in [-0.2, 0) is 11.3 Å². The number of anilines is 2. The highest BCUT2D eigenvalue weighted by atomic mass is 32.1. The van der Waals surface area contributed by atoms with Crippen molar-refractivity contribution in [3.05, 3.63) is 39.3 Å². The molecule has 0 amide bonds. The minimum Gasteiger partial charge on any atom is -0.465 e. The van der Waals surface area contributed by atoms with Crippen molar-refractivity contribution in [3.8, 4) is 0 Å². The van der Waals surface area contributed by atoms with E-state index in [9.17, 15) is 4.79 Å². The number of ether oxygens (including phenoxy) is 1. The summed E-state index contributed by atoms with van der Waals surface area (Å²) in [5, 5.41) is 6.25. The molecule has 1 aromatic carbocycles. The molecule has 3 N–H and O–H groups in total. The summed E-state index contributed by atoms with van der Waals surface area (Å²) in [6.45, 7) is 4.44. The first kappa shape index (κ1) is 14.3.